The fourth-order valence-corrected chi connectivity index (χ4v) is 2.77. The van der Waals surface area contributed by atoms with Crippen molar-refractivity contribution in [2.75, 3.05) is 46.9 Å². The van der Waals surface area contributed by atoms with E-state index in [1.165, 1.54) is 36.0 Å². The monoisotopic (exact) mass is 333 g/mol. The third-order valence-corrected chi connectivity index (χ3v) is 4.19. The molecule has 6 heteroatoms. The van der Waals surface area contributed by atoms with Crippen LogP contribution in [-0.2, 0) is 11.2 Å². The van der Waals surface area contributed by atoms with Gasteiger partial charge in [-0.25, -0.2) is 0 Å². The molecule has 0 amide bonds. The van der Waals surface area contributed by atoms with Gasteiger partial charge in [-0.15, -0.1) is 0 Å². The lowest BCUT2D eigenvalue weighted by atomic mass is 10.1. The fourth-order valence-electron chi connectivity index (χ4n) is 2.77. The van der Waals surface area contributed by atoms with Crippen LogP contribution < -0.4 is 4.74 Å². The lowest BCUT2D eigenvalue weighted by Crippen LogP contribution is -2.39. The first-order chi connectivity index (χ1) is 11.7. The van der Waals surface area contributed by atoms with Gasteiger partial charge in [-0.3, -0.25) is 9.69 Å². The zero-order chi connectivity index (χ0) is 17.4. The van der Waals surface area contributed by atoms with Crippen LogP contribution >= 0.6 is 0 Å². The summed E-state index contributed by atoms with van der Waals surface area (Å²) in [6.07, 6.45) is 4.50. The molecule has 1 saturated heterocycles. The SMILES string of the molecule is CN(C)CCc1c[nH]c2cccc(OCCN3CCC3)c12.O=CO. The quantitative estimate of drug-likeness (QED) is 0.759. The minimum atomic E-state index is -0.250. The van der Waals surface area contributed by atoms with E-state index in [1.54, 1.807) is 0 Å². The van der Waals surface area contributed by atoms with Gasteiger partial charge >= 0.3 is 0 Å². The number of rotatable bonds is 7. The van der Waals surface area contributed by atoms with Crippen LogP contribution in [0.5, 0.6) is 5.75 Å². The second-order valence-corrected chi connectivity index (χ2v) is 6.19. The Morgan fingerprint density at radius 3 is 2.75 bits per heavy atom. The van der Waals surface area contributed by atoms with Crippen molar-refractivity contribution in [1.29, 1.82) is 0 Å². The van der Waals surface area contributed by atoms with Crippen LogP contribution in [0.2, 0.25) is 0 Å². The Bertz CT molecular complexity index is 635. The summed E-state index contributed by atoms with van der Waals surface area (Å²) in [6, 6.07) is 6.27. The Hall–Kier alpha value is -2.05. The Kier molecular flexibility index (Phi) is 7.08. The van der Waals surface area contributed by atoms with Crippen LogP contribution in [0.1, 0.15) is 12.0 Å². The summed E-state index contributed by atoms with van der Waals surface area (Å²) in [6.45, 7) is 5.07. The van der Waals surface area contributed by atoms with E-state index in [1.807, 2.05) is 0 Å². The minimum absolute atomic E-state index is 0.250. The van der Waals surface area contributed by atoms with Crippen LogP contribution in [0.25, 0.3) is 10.9 Å². The van der Waals surface area contributed by atoms with Crippen molar-refractivity contribution in [3.05, 3.63) is 30.0 Å². The van der Waals surface area contributed by atoms with Gasteiger partial charge in [0.2, 0.25) is 0 Å². The van der Waals surface area contributed by atoms with E-state index in [2.05, 4.69) is 53.3 Å². The summed E-state index contributed by atoms with van der Waals surface area (Å²) in [4.78, 5) is 16.4. The van der Waals surface area contributed by atoms with Crippen molar-refractivity contribution in [1.82, 2.24) is 14.8 Å². The van der Waals surface area contributed by atoms with Gasteiger partial charge in [-0.05, 0) is 57.7 Å². The first-order valence-corrected chi connectivity index (χ1v) is 8.32. The average molecular weight is 333 g/mol. The molecule has 6 nitrogen and oxygen atoms in total. The standard InChI is InChI=1S/C17H25N3O.CH2O2/c1-19(2)10-7-14-13-18-15-5-3-6-16(17(14)15)21-12-11-20-8-4-9-20;2-1-3/h3,5-6,13,18H,4,7-12H2,1-2H3;1H,(H,2,3). The van der Waals surface area contributed by atoms with E-state index in [0.717, 1.165) is 31.9 Å². The van der Waals surface area contributed by atoms with Gasteiger partial charge in [0.15, 0.2) is 0 Å². The lowest BCUT2D eigenvalue weighted by Gasteiger charge is -2.30. The van der Waals surface area contributed by atoms with Gasteiger partial charge in [0.25, 0.3) is 6.47 Å². The third-order valence-electron chi connectivity index (χ3n) is 4.19. The molecular weight excluding hydrogens is 306 g/mol. The van der Waals surface area contributed by atoms with Gasteiger partial charge < -0.3 is 19.7 Å². The van der Waals surface area contributed by atoms with E-state index in [9.17, 15) is 0 Å². The molecule has 0 unspecified atom stereocenters. The van der Waals surface area contributed by atoms with Crippen molar-refractivity contribution >= 4 is 17.4 Å². The summed E-state index contributed by atoms with van der Waals surface area (Å²) in [5.41, 5.74) is 2.52. The molecule has 0 spiro atoms. The van der Waals surface area contributed by atoms with Crippen LogP contribution in [0, 0.1) is 0 Å². The molecule has 132 valence electrons. The summed E-state index contributed by atoms with van der Waals surface area (Å²) >= 11 is 0. The number of likely N-dealkylation sites (N-methyl/N-ethyl adjacent to an activating group) is 1. The van der Waals surface area contributed by atoms with Crippen molar-refractivity contribution in [3.63, 3.8) is 0 Å². The molecule has 3 rings (SSSR count). The Balaban J connectivity index is 0.000000647. The molecule has 1 aliphatic heterocycles. The number of hydrogen-bond donors (Lipinski definition) is 2. The number of fused-ring (bicyclic) bond motifs is 1. The number of nitrogens with one attached hydrogen (secondary N) is 1. The second kappa shape index (κ2) is 9.30. The van der Waals surface area contributed by atoms with Crippen LogP contribution in [0.4, 0.5) is 0 Å². The molecule has 1 aromatic carbocycles. The number of likely N-dealkylation sites (tertiary alicyclic amines) is 1. The van der Waals surface area contributed by atoms with Gasteiger partial charge in [-0.2, -0.15) is 0 Å². The summed E-state index contributed by atoms with van der Waals surface area (Å²) in [7, 11) is 4.22. The molecule has 1 aromatic heterocycles. The molecule has 2 aromatic rings. The third kappa shape index (κ3) is 4.97. The van der Waals surface area contributed by atoms with Gasteiger partial charge in [0.1, 0.15) is 12.4 Å². The zero-order valence-electron chi connectivity index (χ0n) is 14.5. The van der Waals surface area contributed by atoms with E-state index in [4.69, 9.17) is 14.6 Å². The summed E-state index contributed by atoms with van der Waals surface area (Å²) in [5, 5.41) is 8.14. The van der Waals surface area contributed by atoms with Crippen LogP contribution in [0.15, 0.2) is 24.4 Å². The zero-order valence-corrected chi connectivity index (χ0v) is 14.5. The Morgan fingerprint density at radius 1 is 1.38 bits per heavy atom. The first-order valence-electron chi connectivity index (χ1n) is 8.32. The molecule has 24 heavy (non-hydrogen) atoms. The molecule has 2 N–H and O–H groups in total. The molecule has 0 saturated carbocycles. The maximum atomic E-state index is 8.36. The molecule has 1 fully saturated rings. The number of carboxylic acid groups (broad SMARTS) is 1. The lowest BCUT2D eigenvalue weighted by molar-refractivity contribution is -0.122. The second-order valence-electron chi connectivity index (χ2n) is 6.19. The van der Waals surface area contributed by atoms with E-state index >= 15 is 0 Å². The van der Waals surface area contributed by atoms with Crippen LogP contribution in [-0.4, -0.2) is 73.2 Å². The van der Waals surface area contributed by atoms with E-state index in [-0.39, 0.29) is 6.47 Å². The number of nitrogens with zero attached hydrogens (tertiary/aromatic N) is 2. The number of H-pyrrole nitrogens is 1. The number of carbonyl (C=O) groups is 1. The maximum Gasteiger partial charge on any atom is 0.290 e. The summed E-state index contributed by atoms with van der Waals surface area (Å²) in [5.74, 6) is 1.02. The van der Waals surface area contributed by atoms with Crippen molar-refractivity contribution in [2.24, 2.45) is 0 Å². The van der Waals surface area contributed by atoms with Gasteiger partial charge in [0, 0.05) is 30.2 Å². The predicted octanol–water partition coefficient (Wildman–Crippen LogP) is 2.06. The minimum Gasteiger partial charge on any atom is -0.492 e. The Morgan fingerprint density at radius 2 is 2.12 bits per heavy atom. The van der Waals surface area contributed by atoms with Crippen molar-refractivity contribution < 1.29 is 14.6 Å². The largest absolute Gasteiger partial charge is 0.492 e. The van der Waals surface area contributed by atoms with Gasteiger partial charge in [0.05, 0.1) is 0 Å². The number of benzene rings is 1. The molecule has 0 bridgehead atoms. The number of aromatic nitrogens is 1. The van der Waals surface area contributed by atoms with E-state index < -0.39 is 0 Å². The molecule has 2 heterocycles. The number of ether oxygens (including phenoxy) is 1. The molecule has 1 aliphatic rings. The number of aromatic amines is 1. The first kappa shape index (κ1) is 18.3. The van der Waals surface area contributed by atoms with E-state index in [0.29, 0.717) is 0 Å². The van der Waals surface area contributed by atoms with Crippen LogP contribution in [0.3, 0.4) is 0 Å². The fraction of sp³-hybridized carbons (Fsp3) is 0.500. The highest BCUT2D eigenvalue weighted by Crippen LogP contribution is 2.29. The Labute approximate surface area is 143 Å². The number of hydrogen-bond acceptors (Lipinski definition) is 4. The highest BCUT2D eigenvalue weighted by Gasteiger charge is 2.14. The van der Waals surface area contributed by atoms with Crippen molar-refractivity contribution in [2.45, 2.75) is 12.8 Å². The normalized spacial score (nSPS) is 14.1. The molecule has 0 atom stereocenters. The average Bonchev–Trinajstić information content (AvgIpc) is 2.92. The highest BCUT2D eigenvalue weighted by atomic mass is 16.5. The highest BCUT2D eigenvalue weighted by molar-refractivity contribution is 5.89. The topological polar surface area (TPSA) is 68.8 Å². The maximum absolute atomic E-state index is 8.36. The molecule has 0 radical (unpaired) electrons. The smallest absolute Gasteiger partial charge is 0.290 e. The predicted molar refractivity (Wildman–Crippen MR) is 95.8 cm³/mol. The van der Waals surface area contributed by atoms with Crippen molar-refractivity contribution in [3.8, 4) is 5.75 Å². The molecular formula is C18H27N3O3. The molecule has 0 aliphatic carbocycles. The summed E-state index contributed by atoms with van der Waals surface area (Å²) < 4.78 is 6.06. The van der Waals surface area contributed by atoms with Gasteiger partial charge in [-0.1, -0.05) is 6.07 Å².